The third-order valence-electron chi connectivity index (χ3n) is 3.19. The lowest BCUT2D eigenvalue weighted by Crippen LogP contribution is -2.32. The van der Waals surface area contributed by atoms with Crippen molar-refractivity contribution in [3.05, 3.63) is 35.2 Å². The van der Waals surface area contributed by atoms with Crippen LogP contribution in [0.2, 0.25) is 0 Å². The summed E-state index contributed by atoms with van der Waals surface area (Å²) in [6.07, 6.45) is 0.784. The van der Waals surface area contributed by atoms with Crippen molar-refractivity contribution in [2.45, 2.75) is 26.3 Å². The number of carbonyl (C=O) groups excluding carboxylic acids is 2. The second-order valence-electron chi connectivity index (χ2n) is 5.25. The number of aromatic nitrogens is 1. The predicted octanol–water partition coefficient (Wildman–Crippen LogP) is 1.77. The van der Waals surface area contributed by atoms with Gasteiger partial charge in [-0.3, -0.25) is 9.59 Å². The molecule has 1 heterocycles. The molecule has 2 amide bonds. The van der Waals surface area contributed by atoms with Crippen molar-refractivity contribution >= 4 is 28.3 Å². The van der Waals surface area contributed by atoms with E-state index in [0.29, 0.717) is 11.7 Å². The summed E-state index contributed by atoms with van der Waals surface area (Å²) in [5, 5.41) is 7.89. The Bertz CT molecular complexity index is 680. The lowest BCUT2D eigenvalue weighted by Gasteiger charge is -2.04. The molecule has 0 saturated heterocycles. The SMILES string of the molecule is CC(=O)NCCc1ccc(-c2csc(NC(=O)[C@@H](C)N)n2)cc1. The molecule has 2 aromatic rings. The third-order valence-corrected chi connectivity index (χ3v) is 3.94. The Labute approximate surface area is 139 Å². The molecule has 122 valence electrons. The molecule has 1 atom stereocenters. The Hall–Kier alpha value is -2.25. The Balaban J connectivity index is 1.98. The average molecular weight is 332 g/mol. The summed E-state index contributed by atoms with van der Waals surface area (Å²) in [5.41, 5.74) is 8.44. The minimum atomic E-state index is -0.565. The van der Waals surface area contributed by atoms with Crippen molar-refractivity contribution in [2.24, 2.45) is 5.73 Å². The van der Waals surface area contributed by atoms with Crippen LogP contribution in [0.5, 0.6) is 0 Å². The number of amides is 2. The molecule has 0 aliphatic rings. The van der Waals surface area contributed by atoms with Gasteiger partial charge in [0.05, 0.1) is 11.7 Å². The van der Waals surface area contributed by atoms with Crippen LogP contribution in [0, 0.1) is 0 Å². The van der Waals surface area contributed by atoms with Crippen LogP contribution in [0.3, 0.4) is 0 Å². The summed E-state index contributed by atoms with van der Waals surface area (Å²) >= 11 is 1.37. The Morgan fingerprint density at radius 2 is 2.00 bits per heavy atom. The van der Waals surface area contributed by atoms with Crippen LogP contribution in [0.4, 0.5) is 5.13 Å². The molecule has 2 rings (SSSR count). The van der Waals surface area contributed by atoms with E-state index in [1.807, 2.05) is 29.6 Å². The molecule has 23 heavy (non-hydrogen) atoms. The lowest BCUT2D eigenvalue weighted by atomic mass is 10.1. The fraction of sp³-hybridized carbons (Fsp3) is 0.312. The smallest absolute Gasteiger partial charge is 0.242 e. The average Bonchev–Trinajstić information content (AvgIpc) is 2.96. The van der Waals surface area contributed by atoms with Gasteiger partial charge in [0.2, 0.25) is 11.8 Å². The van der Waals surface area contributed by atoms with E-state index in [-0.39, 0.29) is 11.8 Å². The first-order valence-corrected chi connectivity index (χ1v) is 8.19. The first-order chi connectivity index (χ1) is 11.0. The molecular formula is C16H20N4O2S. The number of nitrogens with one attached hydrogen (secondary N) is 2. The van der Waals surface area contributed by atoms with Gasteiger partial charge >= 0.3 is 0 Å². The first-order valence-electron chi connectivity index (χ1n) is 7.31. The minimum absolute atomic E-state index is 0.0227. The highest BCUT2D eigenvalue weighted by Crippen LogP contribution is 2.25. The van der Waals surface area contributed by atoms with E-state index in [2.05, 4.69) is 15.6 Å². The number of nitrogens with zero attached hydrogens (tertiary/aromatic N) is 1. The van der Waals surface area contributed by atoms with Crippen LogP contribution in [-0.2, 0) is 16.0 Å². The van der Waals surface area contributed by atoms with E-state index in [1.165, 1.54) is 18.3 Å². The minimum Gasteiger partial charge on any atom is -0.356 e. The highest BCUT2D eigenvalue weighted by Gasteiger charge is 2.11. The van der Waals surface area contributed by atoms with Crippen molar-refractivity contribution in [1.82, 2.24) is 10.3 Å². The monoisotopic (exact) mass is 332 g/mol. The van der Waals surface area contributed by atoms with Crippen molar-refractivity contribution in [3.8, 4) is 11.3 Å². The topological polar surface area (TPSA) is 97.1 Å². The third kappa shape index (κ3) is 5.15. The standard InChI is InChI=1S/C16H20N4O2S/c1-10(17)15(22)20-16-19-14(9-23-16)13-5-3-12(4-6-13)7-8-18-11(2)21/h3-6,9-10H,7-8,17H2,1-2H3,(H,18,21)(H,19,20,22)/t10-/m1/s1. The summed E-state index contributed by atoms with van der Waals surface area (Å²) in [7, 11) is 0. The molecule has 0 aliphatic carbocycles. The molecule has 0 radical (unpaired) electrons. The molecule has 6 nitrogen and oxygen atoms in total. The Kier molecular flexibility index (Phi) is 5.84. The summed E-state index contributed by atoms with van der Waals surface area (Å²) in [6, 6.07) is 7.42. The molecule has 0 fully saturated rings. The molecule has 7 heteroatoms. The van der Waals surface area contributed by atoms with Gasteiger partial charge in [-0.1, -0.05) is 24.3 Å². The quantitative estimate of drug-likeness (QED) is 0.751. The zero-order valence-corrected chi connectivity index (χ0v) is 13.9. The molecule has 1 aromatic heterocycles. The van der Waals surface area contributed by atoms with Crippen molar-refractivity contribution in [1.29, 1.82) is 0 Å². The Morgan fingerprint density at radius 1 is 1.30 bits per heavy atom. The van der Waals surface area contributed by atoms with Crippen LogP contribution in [0.1, 0.15) is 19.4 Å². The van der Waals surface area contributed by atoms with Crippen LogP contribution in [-0.4, -0.2) is 29.4 Å². The highest BCUT2D eigenvalue weighted by molar-refractivity contribution is 7.14. The molecule has 1 aromatic carbocycles. The number of nitrogens with two attached hydrogens (primary N) is 1. The molecule has 4 N–H and O–H groups in total. The van der Waals surface area contributed by atoms with E-state index < -0.39 is 6.04 Å². The number of carbonyl (C=O) groups is 2. The number of hydrogen-bond acceptors (Lipinski definition) is 5. The van der Waals surface area contributed by atoms with Gasteiger partial charge in [0.15, 0.2) is 5.13 Å². The van der Waals surface area contributed by atoms with Crippen molar-refractivity contribution in [3.63, 3.8) is 0 Å². The number of anilines is 1. The van der Waals surface area contributed by atoms with Gasteiger partial charge in [0.25, 0.3) is 0 Å². The largest absolute Gasteiger partial charge is 0.356 e. The van der Waals surface area contributed by atoms with Gasteiger partial charge in [-0.15, -0.1) is 11.3 Å². The normalized spacial score (nSPS) is 11.8. The van der Waals surface area contributed by atoms with Crippen LogP contribution in [0.15, 0.2) is 29.6 Å². The van der Waals surface area contributed by atoms with E-state index in [9.17, 15) is 9.59 Å². The lowest BCUT2D eigenvalue weighted by molar-refractivity contribution is -0.119. The second kappa shape index (κ2) is 7.85. The summed E-state index contributed by atoms with van der Waals surface area (Å²) in [5.74, 6) is -0.273. The highest BCUT2D eigenvalue weighted by atomic mass is 32.1. The van der Waals surface area contributed by atoms with Crippen LogP contribution in [0.25, 0.3) is 11.3 Å². The van der Waals surface area contributed by atoms with E-state index in [4.69, 9.17) is 5.73 Å². The van der Waals surface area contributed by atoms with Gasteiger partial charge in [0, 0.05) is 24.4 Å². The molecule has 0 saturated carbocycles. The molecule has 0 unspecified atom stereocenters. The summed E-state index contributed by atoms with van der Waals surface area (Å²) < 4.78 is 0. The zero-order chi connectivity index (χ0) is 16.8. The molecule has 0 aliphatic heterocycles. The fourth-order valence-corrected chi connectivity index (χ4v) is 2.63. The van der Waals surface area contributed by atoms with Gasteiger partial charge in [0.1, 0.15) is 0 Å². The predicted molar refractivity (Wildman–Crippen MR) is 92.2 cm³/mol. The van der Waals surface area contributed by atoms with Gasteiger partial charge in [-0.05, 0) is 18.9 Å². The van der Waals surface area contributed by atoms with Gasteiger partial charge in [-0.25, -0.2) is 4.98 Å². The maximum absolute atomic E-state index is 11.6. The molecular weight excluding hydrogens is 312 g/mol. The van der Waals surface area contributed by atoms with Gasteiger partial charge in [-0.2, -0.15) is 0 Å². The maximum Gasteiger partial charge on any atom is 0.242 e. The first kappa shape index (κ1) is 17.1. The molecule has 0 bridgehead atoms. The fourth-order valence-electron chi connectivity index (χ4n) is 1.91. The summed E-state index contributed by atoms with van der Waals surface area (Å²) in [4.78, 5) is 26.8. The Morgan fingerprint density at radius 3 is 2.61 bits per heavy atom. The van der Waals surface area contributed by atoms with Crippen molar-refractivity contribution < 1.29 is 9.59 Å². The number of rotatable bonds is 6. The number of hydrogen-bond donors (Lipinski definition) is 3. The number of benzene rings is 1. The van der Waals surface area contributed by atoms with Crippen LogP contribution < -0.4 is 16.4 Å². The second-order valence-corrected chi connectivity index (χ2v) is 6.10. The molecule has 0 spiro atoms. The van der Waals surface area contributed by atoms with E-state index in [0.717, 1.165) is 23.2 Å². The zero-order valence-electron chi connectivity index (χ0n) is 13.1. The summed E-state index contributed by atoms with van der Waals surface area (Å²) in [6.45, 7) is 3.76. The van der Waals surface area contributed by atoms with Gasteiger partial charge < -0.3 is 16.4 Å². The van der Waals surface area contributed by atoms with Crippen molar-refractivity contribution in [2.75, 3.05) is 11.9 Å². The van der Waals surface area contributed by atoms with Crippen LogP contribution >= 0.6 is 11.3 Å². The van der Waals surface area contributed by atoms with E-state index >= 15 is 0 Å². The van der Waals surface area contributed by atoms with E-state index in [1.54, 1.807) is 6.92 Å². The number of thiazole rings is 1. The maximum atomic E-state index is 11.6.